The van der Waals surface area contributed by atoms with Crippen molar-refractivity contribution in [3.63, 3.8) is 0 Å². The summed E-state index contributed by atoms with van der Waals surface area (Å²) in [5.74, 6) is -0.663. The van der Waals surface area contributed by atoms with Crippen molar-refractivity contribution in [2.24, 2.45) is 11.8 Å². The Morgan fingerprint density at radius 2 is 1.92 bits per heavy atom. The van der Waals surface area contributed by atoms with E-state index in [1.54, 1.807) is 6.92 Å². The molecule has 26 heavy (non-hydrogen) atoms. The quantitative estimate of drug-likeness (QED) is 0.479. The van der Waals surface area contributed by atoms with Gasteiger partial charge in [-0.15, -0.1) is 0 Å². The molecule has 0 amide bonds. The summed E-state index contributed by atoms with van der Waals surface area (Å²) in [5.41, 5.74) is 0. The van der Waals surface area contributed by atoms with Gasteiger partial charge in [-0.3, -0.25) is 0 Å². The molecule has 1 atom stereocenters. The van der Waals surface area contributed by atoms with Gasteiger partial charge in [0.2, 0.25) is 10.0 Å². The van der Waals surface area contributed by atoms with E-state index < -0.39 is 16.0 Å². The van der Waals surface area contributed by atoms with Crippen LogP contribution in [-0.4, -0.2) is 50.1 Å². The van der Waals surface area contributed by atoms with E-state index in [1.807, 2.05) is 13.8 Å². The van der Waals surface area contributed by atoms with Gasteiger partial charge in [0.15, 0.2) is 0 Å². The molecule has 0 aromatic heterocycles. The maximum absolute atomic E-state index is 13.0. The highest BCUT2D eigenvalue weighted by molar-refractivity contribution is 7.89. The molecule has 146 valence electrons. The molecule has 1 N–H and O–H groups in total. The molecule has 6 nitrogen and oxygen atoms in total. The molecular formula is C18H26ClNO5S. The molecule has 0 aliphatic heterocycles. The van der Waals surface area contributed by atoms with Crippen molar-refractivity contribution in [3.05, 3.63) is 41.4 Å². The van der Waals surface area contributed by atoms with Gasteiger partial charge in [0.25, 0.3) is 0 Å². The number of esters is 1. The molecule has 1 aromatic carbocycles. The number of carbonyl (C=O) groups excluding carboxylic acids is 1. The van der Waals surface area contributed by atoms with E-state index in [2.05, 4.69) is 0 Å². The zero-order chi connectivity index (χ0) is 19.7. The van der Waals surface area contributed by atoms with Crippen LogP contribution < -0.4 is 0 Å². The highest BCUT2D eigenvalue weighted by atomic mass is 35.5. The molecule has 1 rings (SSSR count). The highest BCUT2D eigenvalue weighted by Crippen LogP contribution is 2.21. The van der Waals surface area contributed by atoms with Crippen LogP contribution in [0.15, 0.2) is 41.3 Å². The predicted molar refractivity (Wildman–Crippen MR) is 101 cm³/mol. The first-order valence-electron chi connectivity index (χ1n) is 8.42. The minimum atomic E-state index is -3.81. The molecule has 8 heteroatoms. The van der Waals surface area contributed by atoms with Gasteiger partial charge in [0.1, 0.15) is 0 Å². The molecule has 0 bridgehead atoms. The van der Waals surface area contributed by atoms with Crippen molar-refractivity contribution >= 4 is 27.6 Å². The normalized spacial score (nSPS) is 13.5. The molecule has 0 saturated carbocycles. The topological polar surface area (TPSA) is 83.9 Å². The standard InChI is InChI=1S/C18H26ClNO5S/c1-4-25-18(22)6-5-11-20(12-15(13-21)14(2)3)26(23,24)17-9-7-16(19)8-10-17/h5-10,14-15,21H,4,11-13H2,1-3H3/t15-/m0/s1. The smallest absolute Gasteiger partial charge is 0.330 e. The van der Waals surface area contributed by atoms with E-state index in [-0.39, 0.29) is 43.0 Å². The van der Waals surface area contributed by atoms with E-state index in [0.29, 0.717) is 5.02 Å². The summed E-state index contributed by atoms with van der Waals surface area (Å²) in [4.78, 5) is 11.5. The molecule has 0 spiro atoms. The number of rotatable bonds is 10. The van der Waals surface area contributed by atoms with Crippen LogP contribution in [0.3, 0.4) is 0 Å². The summed E-state index contributed by atoms with van der Waals surface area (Å²) in [5, 5.41) is 10.0. The van der Waals surface area contributed by atoms with Crippen LogP contribution in [-0.2, 0) is 19.6 Å². The first-order valence-corrected chi connectivity index (χ1v) is 10.2. The Hall–Kier alpha value is -1.41. The van der Waals surface area contributed by atoms with Crippen molar-refractivity contribution in [1.82, 2.24) is 4.31 Å². The fraction of sp³-hybridized carbons (Fsp3) is 0.500. The number of aliphatic hydroxyl groups is 1. The summed E-state index contributed by atoms with van der Waals surface area (Å²) in [7, 11) is -3.81. The lowest BCUT2D eigenvalue weighted by Gasteiger charge is -2.27. The third kappa shape index (κ3) is 6.72. The Balaban J connectivity index is 3.09. The summed E-state index contributed by atoms with van der Waals surface area (Å²) in [6.07, 6.45) is 2.65. The summed E-state index contributed by atoms with van der Waals surface area (Å²) < 4.78 is 32.0. The second-order valence-electron chi connectivity index (χ2n) is 6.12. The van der Waals surface area contributed by atoms with Crippen LogP contribution in [0, 0.1) is 11.8 Å². The minimum Gasteiger partial charge on any atom is -0.463 e. The first kappa shape index (κ1) is 22.6. The molecule has 0 saturated heterocycles. The van der Waals surface area contributed by atoms with Gasteiger partial charge in [-0.25, -0.2) is 13.2 Å². The van der Waals surface area contributed by atoms with E-state index in [4.69, 9.17) is 16.3 Å². The number of nitrogens with zero attached hydrogens (tertiary/aromatic N) is 1. The maximum atomic E-state index is 13.0. The largest absolute Gasteiger partial charge is 0.463 e. The van der Waals surface area contributed by atoms with Gasteiger partial charge in [-0.2, -0.15) is 4.31 Å². The average Bonchev–Trinajstić information content (AvgIpc) is 2.58. The number of halogens is 1. The minimum absolute atomic E-state index is 0.00695. The number of aliphatic hydroxyl groups excluding tert-OH is 1. The van der Waals surface area contributed by atoms with Gasteiger partial charge in [-0.1, -0.05) is 31.5 Å². The van der Waals surface area contributed by atoms with Gasteiger partial charge in [0.05, 0.1) is 11.5 Å². The van der Waals surface area contributed by atoms with Crippen LogP contribution in [0.4, 0.5) is 0 Å². The molecule has 0 unspecified atom stereocenters. The molecule has 1 aromatic rings. The number of benzene rings is 1. The lowest BCUT2D eigenvalue weighted by atomic mass is 9.97. The average molecular weight is 404 g/mol. The number of hydrogen-bond donors (Lipinski definition) is 1. The second-order valence-corrected chi connectivity index (χ2v) is 8.49. The monoisotopic (exact) mass is 403 g/mol. The Kier molecular flexibility index (Phi) is 9.29. The molecule has 0 aliphatic rings. The lowest BCUT2D eigenvalue weighted by molar-refractivity contribution is -0.137. The molecule has 0 aliphatic carbocycles. The van der Waals surface area contributed by atoms with Gasteiger partial charge >= 0.3 is 5.97 Å². The zero-order valence-electron chi connectivity index (χ0n) is 15.3. The van der Waals surface area contributed by atoms with Crippen LogP contribution in [0.2, 0.25) is 5.02 Å². The molecule has 0 fully saturated rings. The Bertz CT molecular complexity index is 701. The van der Waals surface area contributed by atoms with Crippen LogP contribution in [0.1, 0.15) is 20.8 Å². The molecular weight excluding hydrogens is 378 g/mol. The predicted octanol–water partition coefficient (Wildman–Crippen LogP) is 2.71. The van der Waals surface area contributed by atoms with E-state index in [1.165, 1.54) is 40.7 Å². The van der Waals surface area contributed by atoms with Crippen molar-refractivity contribution < 1.29 is 23.1 Å². The zero-order valence-corrected chi connectivity index (χ0v) is 16.8. The van der Waals surface area contributed by atoms with Crippen LogP contribution >= 0.6 is 11.6 Å². The fourth-order valence-electron chi connectivity index (χ4n) is 2.22. The van der Waals surface area contributed by atoms with Crippen LogP contribution in [0.5, 0.6) is 0 Å². The number of ether oxygens (including phenoxy) is 1. The SMILES string of the molecule is CCOC(=O)C=CCN(C[C@@H](CO)C(C)C)S(=O)(=O)c1ccc(Cl)cc1. The first-order chi connectivity index (χ1) is 12.2. The number of hydrogen-bond acceptors (Lipinski definition) is 5. The van der Waals surface area contributed by atoms with E-state index >= 15 is 0 Å². The summed E-state index contributed by atoms with van der Waals surface area (Å²) >= 11 is 5.83. The van der Waals surface area contributed by atoms with Crippen molar-refractivity contribution in [2.75, 3.05) is 26.3 Å². The maximum Gasteiger partial charge on any atom is 0.330 e. The van der Waals surface area contributed by atoms with Crippen LogP contribution in [0.25, 0.3) is 0 Å². The Labute approximate surface area is 160 Å². The van der Waals surface area contributed by atoms with E-state index in [0.717, 1.165) is 0 Å². The summed E-state index contributed by atoms with van der Waals surface area (Å²) in [6.45, 7) is 5.77. The third-order valence-corrected chi connectivity index (χ3v) is 6.01. The number of carbonyl (C=O) groups is 1. The van der Waals surface area contributed by atoms with Crippen molar-refractivity contribution in [2.45, 2.75) is 25.7 Å². The Morgan fingerprint density at radius 1 is 1.31 bits per heavy atom. The van der Waals surface area contributed by atoms with Crippen molar-refractivity contribution in [3.8, 4) is 0 Å². The third-order valence-electron chi connectivity index (χ3n) is 3.92. The summed E-state index contributed by atoms with van der Waals surface area (Å²) in [6, 6.07) is 5.88. The van der Waals surface area contributed by atoms with Gasteiger partial charge < -0.3 is 9.84 Å². The number of sulfonamides is 1. The second kappa shape index (κ2) is 10.7. The van der Waals surface area contributed by atoms with Gasteiger partial charge in [-0.05, 0) is 43.0 Å². The fourth-order valence-corrected chi connectivity index (χ4v) is 3.80. The highest BCUT2D eigenvalue weighted by Gasteiger charge is 2.27. The van der Waals surface area contributed by atoms with Gasteiger partial charge in [0, 0.05) is 30.8 Å². The molecule has 0 heterocycles. The van der Waals surface area contributed by atoms with E-state index in [9.17, 15) is 18.3 Å². The molecule has 0 radical (unpaired) electrons. The lowest BCUT2D eigenvalue weighted by Crippen LogP contribution is -2.38. The Morgan fingerprint density at radius 3 is 2.42 bits per heavy atom. The van der Waals surface area contributed by atoms with Crippen molar-refractivity contribution in [1.29, 1.82) is 0 Å².